The van der Waals surface area contributed by atoms with Crippen molar-refractivity contribution in [3.05, 3.63) is 33.8 Å². The van der Waals surface area contributed by atoms with Crippen molar-refractivity contribution in [1.82, 2.24) is 4.90 Å². The van der Waals surface area contributed by atoms with Gasteiger partial charge >= 0.3 is 0 Å². The number of halogens is 2. The van der Waals surface area contributed by atoms with E-state index in [1.807, 2.05) is 19.1 Å². The Labute approximate surface area is 151 Å². The lowest BCUT2D eigenvalue weighted by atomic mass is 9.82. The first kappa shape index (κ1) is 19.1. The van der Waals surface area contributed by atoms with Crippen molar-refractivity contribution in [3.63, 3.8) is 0 Å². The quantitative estimate of drug-likeness (QED) is 0.627. The molecule has 130 valence electrons. The molecule has 1 aromatic rings. The number of nitrogens with zero attached hydrogens (tertiary/aromatic N) is 1. The maximum Gasteiger partial charge on any atom is 0.0595 e. The molecule has 0 saturated carbocycles. The van der Waals surface area contributed by atoms with Crippen LogP contribution in [-0.4, -0.2) is 37.2 Å². The van der Waals surface area contributed by atoms with Crippen LogP contribution in [0, 0.1) is 5.92 Å². The normalized spacial score (nSPS) is 24.8. The van der Waals surface area contributed by atoms with Gasteiger partial charge in [-0.2, -0.15) is 0 Å². The van der Waals surface area contributed by atoms with E-state index in [4.69, 9.17) is 27.9 Å². The summed E-state index contributed by atoms with van der Waals surface area (Å²) in [6.45, 7) is 8.19. The second-order valence-corrected chi connectivity index (χ2v) is 7.71. The summed E-state index contributed by atoms with van der Waals surface area (Å²) in [5.74, 6) is 0.894. The first-order chi connectivity index (χ1) is 10.9. The van der Waals surface area contributed by atoms with Gasteiger partial charge in [-0.15, -0.1) is 0 Å². The van der Waals surface area contributed by atoms with Gasteiger partial charge in [-0.1, -0.05) is 36.2 Å². The highest BCUT2D eigenvalue weighted by Gasteiger charge is 2.31. The predicted molar refractivity (Wildman–Crippen MR) is 99.7 cm³/mol. The summed E-state index contributed by atoms with van der Waals surface area (Å²) in [5, 5.41) is 1.27. The zero-order chi connectivity index (χ0) is 17.0. The largest absolute Gasteiger partial charge is 0.381 e. The molecule has 1 aromatic carbocycles. The molecule has 0 aromatic heterocycles. The van der Waals surface area contributed by atoms with Crippen LogP contribution < -0.4 is 0 Å². The number of benzene rings is 1. The zero-order valence-corrected chi connectivity index (χ0v) is 16.2. The Morgan fingerprint density at radius 2 is 2.00 bits per heavy atom. The molecule has 1 heterocycles. The van der Waals surface area contributed by atoms with Gasteiger partial charge in [0.05, 0.1) is 10.0 Å². The van der Waals surface area contributed by atoms with Crippen LogP contribution in [0.2, 0.25) is 10.0 Å². The molecule has 2 nitrogen and oxygen atoms in total. The van der Waals surface area contributed by atoms with Gasteiger partial charge in [0.2, 0.25) is 0 Å². The third kappa shape index (κ3) is 4.85. The van der Waals surface area contributed by atoms with Crippen molar-refractivity contribution in [2.24, 2.45) is 5.92 Å². The van der Waals surface area contributed by atoms with E-state index >= 15 is 0 Å². The Morgan fingerprint density at radius 1 is 1.26 bits per heavy atom. The van der Waals surface area contributed by atoms with E-state index in [2.05, 4.69) is 31.9 Å². The smallest absolute Gasteiger partial charge is 0.0595 e. The van der Waals surface area contributed by atoms with Crippen molar-refractivity contribution >= 4 is 23.2 Å². The average Bonchev–Trinajstić information content (AvgIpc) is 2.85. The Bertz CT molecular complexity index is 508. The van der Waals surface area contributed by atoms with Crippen LogP contribution in [0.4, 0.5) is 0 Å². The second kappa shape index (κ2) is 8.71. The Kier molecular flexibility index (Phi) is 7.21. The zero-order valence-electron chi connectivity index (χ0n) is 14.7. The molecular formula is C19H29Cl2NO. The van der Waals surface area contributed by atoms with Crippen molar-refractivity contribution in [2.45, 2.75) is 58.0 Å². The molecule has 1 saturated heterocycles. The molecule has 2 rings (SSSR count). The standard InChI is InChI=1S/C19H29Cl2NO/c1-5-23-12-13(2)17(11-16-8-6-14(3)22(16)4)15-7-9-18(20)19(21)10-15/h7,9-10,13-14,16-17H,5-6,8,11-12H2,1-4H3/t13?,14?,16-,17+/m1/s1. The second-order valence-electron chi connectivity index (χ2n) is 6.90. The first-order valence-electron chi connectivity index (χ1n) is 8.68. The lowest BCUT2D eigenvalue weighted by Gasteiger charge is -2.31. The van der Waals surface area contributed by atoms with E-state index < -0.39 is 0 Å². The number of rotatable bonds is 7. The van der Waals surface area contributed by atoms with Crippen LogP contribution in [-0.2, 0) is 4.74 Å². The van der Waals surface area contributed by atoms with Crippen molar-refractivity contribution in [1.29, 1.82) is 0 Å². The highest BCUT2D eigenvalue weighted by molar-refractivity contribution is 6.42. The lowest BCUT2D eigenvalue weighted by Crippen LogP contribution is -2.33. The van der Waals surface area contributed by atoms with Crippen LogP contribution in [0.1, 0.15) is 51.5 Å². The van der Waals surface area contributed by atoms with Crippen molar-refractivity contribution < 1.29 is 4.74 Å². The fraction of sp³-hybridized carbons (Fsp3) is 0.684. The number of ether oxygens (including phenoxy) is 1. The summed E-state index contributed by atoms with van der Waals surface area (Å²) in [7, 11) is 2.25. The first-order valence-corrected chi connectivity index (χ1v) is 9.44. The highest BCUT2D eigenvalue weighted by Crippen LogP contribution is 2.37. The van der Waals surface area contributed by atoms with Crippen LogP contribution in [0.5, 0.6) is 0 Å². The minimum Gasteiger partial charge on any atom is -0.381 e. The maximum atomic E-state index is 6.26. The Morgan fingerprint density at radius 3 is 2.57 bits per heavy atom. The third-order valence-electron chi connectivity index (χ3n) is 5.36. The number of hydrogen-bond acceptors (Lipinski definition) is 2. The number of hydrogen-bond donors (Lipinski definition) is 0. The molecule has 0 bridgehead atoms. The highest BCUT2D eigenvalue weighted by atomic mass is 35.5. The van der Waals surface area contributed by atoms with Gasteiger partial charge in [-0.05, 0) is 69.7 Å². The lowest BCUT2D eigenvalue weighted by molar-refractivity contribution is 0.0991. The van der Waals surface area contributed by atoms with E-state index in [0.717, 1.165) is 19.6 Å². The number of likely N-dealkylation sites (tertiary alicyclic amines) is 1. The molecular weight excluding hydrogens is 329 g/mol. The van der Waals surface area contributed by atoms with Crippen LogP contribution in [0.25, 0.3) is 0 Å². The van der Waals surface area contributed by atoms with Crippen molar-refractivity contribution in [2.75, 3.05) is 20.3 Å². The van der Waals surface area contributed by atoms with Gasteiger partial charge in [0, 0.05) is 25.3 Å². The molecule has 0 radical (unpaired) electrons. The summed E-state index contributed by atoms with van der Waals surface area (Å²) in [6, 6.07) is 7.39. The summed E-state index contributed by atoms with van der Waals surface area (Å²) in [6.07, 6.45) is 3.71. The van der Waals surface area contributed by atoms with E-state index in [1.54, 1.807) is 0 Å². The average molecular weight is 358 g/mol. The molecule has 0 amide bonds. The molecule has 4 heteroatoms. The summed E-state index contributed by atoms with van der Waals surface area (Å²) < 4.78 is 5.69. The van der Waals surface area contributed by atoms with E-state index in [9.17, 15) is 0 Å². The summed E-state index contributed by atoms with van der Waals surface area (Å²) in [4.78, 5) is 2.53. The SMILES string of the molecule is CCOCC(C)[C@H](C[C@H]1CCC(C)N1C)c1ccc(Cl)c(Cl)c1. The molecule has 1 fully saturated rings. The molecule has 4 atom stereocenters. The molecule has 0 N–H and O–H groups in total. The van der Waals surface area contributed by atoms with Gasteiger partial charge in [0.25, 0.3) is 0 Å². The fourth-order valence-electron chi connectivity index (χ4n) is 3.64. The van der Waals surface area contributed by atoms with Gasteiger partial charge in [-0.3, -0.25) is 0 Å². The minimum atomic E-state index is 0.439. The summed E-state index contributed by atoms with van der Waals surface area (Å²) in [5.41, 5.74) is 1.28. The van der Waals surface area contributed by atoms with Gasteiger partial charge in [0.15, 0.2) is 0 Å². The van der Waals surface area contributed by atoms with Crippen LogP contribution in [0.15, 0.2) is 18.2 Å². The van der Waals surface area contributed by atoms with E-state index in [0.29, 0.717) is 34.0 Å². The van der Waals surface area contributed by atoms with Crippen LogP contribution >= 0.6 is 23.2 Å². The van der Waals surface area contributed by atoms with Crippen LogP contribution in [0.3, 0.4) is 0 Å². The van der Waals surface area contributed by atoms with E-state index in [-0.39, 0.29) is 0 Å². The Hall–Kier alpha value is -0.280. The topological polar surface area (TPSA) is 12.5 Å². The third-order valence-corrected chi connectivity index (χ3v) is 6.10. The molecule has 1 aliphatic rings. The van der Waals surface area contributed by atoms with Gasteiger partial charge in [0.1, 0.15) is 0 Å². The molecule has 23 heavy (non-hydrogen) atoms. The van der Waals surface area contributed by atoms with Gasteiger partial charge < -0.3 is 9.64 Å². The molecule has 2 unspecified atom stereocenters. The van der Waals surface area contributed by atoms with Crippen molar-refractivity contribution in [3.8, 4) is 0 Å². The monoisotopic (exact) mass is 357 g/mol. The molecule has 0 aliphatic carbocycles. The predicted octanol–water partition coefficient (Wildman–Crippen LogP) is 5.62. The van der Waals surface area contributed by atoms with Gasteiger partial charge in [-0.25, -0.2) is 0 Å². The molecule has 1 aliphatic heterocycles. The van der Waals surface area contributed by atoms with E-state index in [1.165, 1.54) is 18.4 Å². The Balaban J connectivity index is 2.18. The molecule has 0 spiro atoms. The minimum absolute atomic E-state index is 0.439. The maximum absolute atomic E-state index is 6.26. The fourth-order valence-corrected chi connectivity index (χ4v) is 3.94. The summed E-state index contributed by atoms with van der Waals surface area (Å²) >= 11 is 12.4.